The van der Waals surface area contributed by atoms with E-state index in [0.29, 0.717) is 17.1 Å². The van der Waals surface area contributed by atoms with Crippen LogP contribution < -0.4 is 11.1 Å². The molecule has 0 bridgehead atoms. The number of hydrogen-bond donors (Lipinski definition) is 2. The van der Waals surface area contributed by atoms with Crippen LogP contribution in [0.3, 0.4) is 0 Å². The molecule has 118 valence electrons. The Bertz CT molecular complexity index is 505. The molecule has 0 aromatic carbocycles. The van der Waals surface area contributed by atoms with Crippen LogP contribution in [0, 0.1) is 5.92 Å². The van der Waals surface area contributed by atoms with Gasteiger partial charge in [0.1, 0.15) is 0 Å². The summed E-state index contributed by atoms with van der Waals surface area (Å²) in [6.07, 6.45) is 2.22. The monoisotopic (exact) mass is 379 g/mol. The molecular weight excluding hydrogens is 362 g/mol. The van der Waals surface area contributed by atoms with Crippen molar-refractivity contribution in [1.82, 2.24) is 10.2 Å². The van der Waals surface area contributed by atoms with Crippen LogP contribution in [0.25, 0.3) is 0 Å². The van der Waals surface area contributed by atoms with Gasteiger partial charge in [-0.15, -0.1) is 12.4 Å². The van der Waals surface area contributed by atoms with Gasteiger partial charge in [0, 0.05) is 19.6 Å². The molecule has 0 radical (unpaired) electrons. The van der Waals surface area contributed by atoms with E-state index in [4.69, 9.17) is 10.2 Å². The molecule has 1 heterocycles. The second kappa shape index (κ2) is 7.82. The van der Waals surface area contributed by atoms with Crippen LogP contribution >= 0.6 is 28.3 Å². The van der Waals surface area contributed by atoms with Crippen LogP contribution in [0.4, 0.5) is 0 Å². The first-order valence-electron chi connectivity index (χ1n) is 6.51. The van der Waals surface area contributed by atoms with Crippen LogP contribution in [0.2, 0.25) is 0 Å². The summed E-state index contributed by atoms with van der Waals surface area (Å²) in [6, 6.07) is 3.22. The van der Waals surface area contributed by atoms with Crippen molar-refractivity contribution in [2.24, 2.45) is 11.7 Å². The molecule has 1 atom stereocenters. The average molecular weight is 381 g/mol. The summed E-state index contributed by atoms with van der Waals surface area (Å²) in [5.41, 5.74) is 5.63. The molecule has 0 saturated heterocycles. The molecule has 3 N–H and O–H groups in total. The Morgan fingerprint density at radius 1 is 1.52 bits per heavy atom. The number of rotatable bonds is 6. The fourth-order valence-electron chi connectivity index (χ4n) is 2.02. The van der Waals surface area contributed by atoms with E-state index in [1.165, 1.54) is 4.90 Å². The molecule has 1 aliphatic rings. The number of carbonyl (C=O) groups excluding carboxylic acids is 2. The number of nitrogens with two attached hydrogens (primary N) is 1. The molecule has 1 aromatic heterocycles. The van der Waals surface area contributed by atoms with Crippen LogP contribution in [-0.2, 0) is 4.79 Å². The zero-order chi connectivity index (χ0) is 14.7. The lowest BCUT2D eigenvalue weighted by Crippen LogP contribution is -2.46. The van der Waals surface area contributed by atoms with E-state index >= 15 is 0 Å². The van der Waals surface area contributed by atoms with E-state index in [0.717, 1.165) is 12.8 Å². The number of halogens is 2. The van der Waals surface area contributed by atoms with E-state index in [9.17, 15) is 9.59 Å². The summed E-state index contributed by atoms with van der Waals surface area (Å²) in [4.78, 5) is 25.2. The molecule has 1 aromatic rings. The first-order chi connectivity index (χ1) is 9.51. The van der Waals surface area contributed by atoms with Crippen LogP contribution in [0.1, 0.15) is 23.4 Å². The number of amides is 2. The lowest BCUT2D eigenvalue weighted by Gasteiger charge is -2.19. The van der Waals surface area contributed by atoms with Crippen molar-refractivity contribution in [2.75, 3.05) is 20.1 Å². The van der Waals surface area contributed by atoms with Crippen LogP contribution in [-0.4, -0.2) is 42.9 Å². The lowest BCUT2D eigenvalue weighted by molar-refractivity contribution is -0.122. The van der Waals surface area contributed by atoms with Gasteiger partial charge in [-0.2, -0.15) is 0 Å². The van der Waals surface area contributed by atoms with Crippen molar-refractivity contribution in [2.45, 2.75) is 18.9 Å². The molecule has 1 aliphatic carbocycles. The molecule has 21 heavy (non-hydrogen) atoms. The number of furan rings is 1. The molecule has 8 heteroatoms. The third kappa shape index (κ3) is 5.01. The number of hydrogen-bond acceptors (Lipinski definition) is 4. The van der Waals surface area contributed by atoms with Crippen molar-refractivity contribution in [3.63, 3.8) is 0 Å². The van der Waals surface area contributed by atoms with Gasteiger partial charge in [-0.1, -0.05) is 0 Å². The van der Waals surface area contributed by atoms with Crippen molar-refractivity contribution in [1.29, 1.82) is 0 Å². The predicted octanol–water partition coefficient (Wildman–Crippen LogP) is 1.39. The second-order valence-corrected chi connectivity index (χ2v) is 5.79. The fraction of sp³-hybridized carbons (Fsp3) is 0.538. The third-order valence-corrected chi connectivity index (χ3v) is 3.73. The topological polar surface area (TPSA) is 88.6 Å². The summed E-state index contributed by atoms with van der Waals surface area (Å²) >= 11 is 3.13. The number of likely N-dealkylation sites (N-methyl/N-ethyl adjacent to an activating group) is 1. The van der Waals surface area contributed by atoms with E-state index in [1.54, 1.807) is 19.2 Å². The van der Waals surface area contributed by atoms with E-state index < -0.39 is 0 Å². The van der Waals surface area contributed by atoms with Gasteiger partial charge in [0.25, 0.3) is 5.91 Å². The molecule has 0 spiro atoms. The molecular formula is C13H19BrClN3O3. The van der Waals surface area contributed by atoms with Gasteiger partial charge < -0.3 is 20.4 Å². The maximum Gasteiger partial charge on any atom is 0.289 e. The van der Waals surface area contributed by atoms with Crippen LogP contribution in [0.5, 0.6) is 0 Å². The van der Waals surface area contributed by atoms with Crippen molar-refractivity contribution >= 4 is 40.2 Å². The van der Waals surface area contributed by atoms with E-state index in [-0.39, 0.29) is 42.6 Å². The normalized spacial score (nSPS) is 15.0. The lowest BCUT2D eigenvalue weighted by atomic mass is 10.2. The van der Waals surface area contributed by atoms with E-state index in [2.05, 4.69) is 21.2 Å². The zero-order valence-electron chi connectivity index (χ0n) is 11.7. The summed E-state index contributed by atoms with van der Waals surface area (Å²) in [6.45, 7) is 0.416. The standard InChI is InChI=1S/C13H18BrN3O3.ClH/c1-17(13(19)10-4-5-11(14)20-10)7-12(18)16-9(6-15)8-2-3-8;/h4-5,8-9H,2-3,6-7,15H2,1H3,(H,16,18);1H. The number of nitrogens with zero attached hydrogens (tertiary/aromatic N) is 1. The van der Waals surface area contributed by atoms with Gasteiger partial charge in [0.2, 0.25) is 5.91 Å². The highest BCUT2D eigenvalue weighted by molar-refractivity contribution is 9.10. The molecule has 1 fully saturated rings. The molecule has 1 unspecified atom stereocenters. The number of carbonyl (C=O) groups is 2. The maximum absolute atomic E-state index is 12.0. The first-order valence-corrected chi connectivity index (χ1v) is 7.30. The Kier molecular flexibility index (Phi) is 6.70. The van der Waals surface area contributed by atoms with Gasteiger partial charge in [0.15, 0.2) is 10.4 Å². The highest BCUT2D eigenvalue weighted by Crippen LogP contribution is 2.32. The molecule has 2 rings (SSSR count). The minimum Gasteiger partial charge on any atom is -0.444 e. The predicted molar refractivity (Wildman–Crippen MR) is 84.3 cm³/mol. The molecule has 6 nitrogen and oxygen atoms in total. The quantitative estimate of drug-likeness (QED) is 0.780. The van der Waals surface area contributed by atoms with Crippen molar-refractivity contribution < 1.29 is 14.0 Å². The second-order valence-electron chi connectivity index (χ2n) is 5.01. The SMILES string of the molecule is CN(CC(=O)NC(CN)C1CC1)C(=O)c1ccc(Br)o1.Cl. The summed E-state index contributed by atoms with van der Waals surface area (Å²) < 4.78 is 5.65. The molecule has 0 aliphatic heterocycles. The van der Waals surface area contributed by atoms with Gasteiger partial charge in [0.05, 0.1) is 6.54 Å². The average Bonchev–Trinajstić information content (AvgIpc) is 3.16. The minimum absolute atomic E-state index is 0. The summed E-state index contributed by atoms with van der Waals surface area (Å²) in [5.74, 6) is 0.158. The van der Waals surface area contributed by atoms with E-state index in [1.807, 2.05) is 0 Å². The molecule has 1 saturated carbocycles. The van der Waals surface area contributed by atoms with Crippen LogP contribution in [0.15, 0.2) is 21.2 Å². The fourth-order valence-corrected chi connectivity index (χ4v) is 2.33. The summed E-state index contributed by atoms with van der Waals surface area (Å²) in [7, 11) is 1.56. The first kappa shape index (κ1) is 18.0. The maximum atomic E-state index is 12.0. The Morgan fingerprint density at radius 2 is 2.19 bits per heavy atom. The Hall–Kier alpha value is -1.05. The smallest absolute Gasteiger partial charge is 0.289 e. The highest BCUT2D eigenvalue weighted by atomic mass is 79.9. The van der Waals surface area contributed by atoms with Crippen molar-refractivity contribution in [3.05, 3.63) is 22.6 Å². The number of nitrogens with one attached hydrogen (secondary N) is 1. The highest BCUT2D eigenvalue weighted by Gasteiger charge is 2.31. The largest absolute Gasteiger partial charge is 0.444 e. The van der Waals surface area contributed by atoms with Gasteiger partial charge in [-0.3, -0.25) is 9.59 Å². The van der Waals surface area contributed by atoms with Gasteiger partial charge in [-0.25, -0.2) is 0 Å². The summed E-state index contributed by atoms with van der Waals surface area (Å²) in [5, 5.41) is 2.87. The zero-order valence-corrected chi connectivity index (χ0v) is 14.1. The Labute approximate surface area is 137 Å². The Morgan fingerprint density at radius 3 is 2.67 bits per heavy atom. The minimum atomic E-state index is -0.332. The molecule has 2 amide bonds. The Balaban J connectivity index is 0.00000220. The van der Waals surface area contributed by atoms with Crippen molar-refractivity contribution in [3.8, 4) is 0 Å². The van der Waals surface area contributed by atoms with Gasteiger partial charge in [-0.05, 0) is 46.8 Å². The third-order valence-electron chi connectivity index (χ3n) is 3.30. The van der Waals surface area contributed by atoms with Gasteiger partial charge >= 0.3 is 0 Å².